The molecule has 0 bridgehead atoms. The maximum Gasteiger partial charge on any atom is 0.235 e. The summed E-state index contributed by atoms with van der Waals surface area (Å²) in [5.41, 5.74) is 3.09. The molecule has 1 aromatic heterocycles. The Labute approximate surface area is 174 Å². The Hall–Kier alpha value is -2.80. The lowest BCUT2D eigenvalue weighted by Gasteiger charge is -2.13. The van der Waals surface area contributed by atoms with Gasteiger partial charge in [-0.1, -0.05) is 35.5 Å². The molecular weight excluding hydrogens is 384 g/mol. The van der Waals surface area contributed by atoms with Gasteiger partial charge in [-0.3, -0.25) is 9.36 Å². The Morgan fingerprint density at radius 1 is 1.17 bits per heavy atom. The van der Waals surface area contributed by atoms with Gasteiger partial charge in [0.25, 0.3) is 0 Å². The molecule has 4 rings (SSSR count). The smallest absolute Gasteiger partial charge is 0.235 e. The van der Waals surface area contributed by atoms with Crippen LogP contribution in [-0.2, 0) is 4.79 Å². The molecule has 1 saturated heterocycles. The molecule has 2 heterocycles. The average molecular weight is 409 g/mol. The van der Waals surface area contributed by atoms with Crippen LogP contribution in [0.5, 0.6) is 5.75 Å². The number of thioether (sulfide) groups is 1. The molecule has 1 aliphatic rings. The number of ether oxygens (including phenoxy) is 1. The van der Waals surface area contributed by atoms with Crippen LogP contribution in [0.25, 0.3) is 17.1 Å². The van der Waals surface area contributed by atoms with Crippen molar-refractivity contribution in [1.29, 1.82) is 0 Å². The lowest BCUT2D eigenvalue weighted by Crippen LogP contribution is -2.24. The molecule has 150 valence electrons. The Morgan fingerprint density at radius 3 is 2.62 bits per heavy atom. The van der Waals surface area contributed by atoms with Gasteiger partial charge in [-0.25, -0.2) is 0 Å². The Bertz CT molecular complexity index is 1020. The van der Waals surface area contributed by atoms with Crippen LogP contribution in [0.2, 0.25) is 0 Å². The Balaban J connectivity index is 1.76. The summed E-state index contributed by atoms with van der Waals surface area (Å²) in [6.45, 7) is 5.43. The molecule has 3 aromatic rings. The van der Waals surface area contributed by atoms with E-state index in [1.54, 1.807) is 4.90 Å². The first-order chi connectivity index (χ1) is 14.1. The monoisotopic (exact) mass is 408 g/mol. The van der Waals surface area contributed by atoms with Gasteiger partial charge in [0.05, 0.1) is 11.9 Å². The molecular formula is C22H24N4O2S. The van der Waals surface area contributed by atoms with Crippen LogP contribution in [0.3, 0.4) is 0 Å². The molecule has 0 saturated carbocycles. The van der Waals surface area contributed by atoms with Crippen molar-refractivity contribution in [2.75, 3.05) is 20.2 Å². The van der Waals surface area contributed by atoms with Crippen molar-refractivity contribution in [1.82, 2.24) is 19.7 Å². The predicted molar refractivity (Wildman–Crippen MR) is 115 cm³/mol. The largest absolute Gasteiger partial charge is 0.494 e. The zero-order valence-corrected chi connectivity index (χ0v) is 17.6. The summed E-state index contributed by atoms with van der Waals surface area (Å²) in [4.78, 5) is 14.2. The molecule has 1 aliphatic heterocycles. The van der Waals surface area contributed by atoms with Gasteiger partial charge in [0.2, 0.25) is 5.91 Å². The fourth-order valence-electron chi connectivity index (χ4n) is 3.44. The zero-order valence-electron chi connectivity index (χ0n) is 16.8. The van der Waals surface area contributed by atoms with Crippen LogP contribution in [0, 0.1) is 6.92 Å². The highest BCUT2D eigenvalue weighted by molar-refractivity contribution is 8.00. The molecule has 1 atom stereocenters. The number of amides is 1. The number of rotatable bonds is 6. The molecule has 0 radical (unpaired) electrons. The fraction of sp³-hybridized carbons (Fsp3) is 0.318. The highest BCUT2D eigenvalue weighted by Crippen LogP contribution is 2.34. The first-order valence-electron chi connectivity index (χ1n) is 9.74. The average Bonchev–Trinajstić information content (AvgIpc) is 3.28. The third-order valence-corrected chi connectivity index (χ3v) is 6.14. The topological polar surface area (TPSA) is 60.2 Å². The fourth-order valence-corrected chi connectivity index (χ4v) is 4.58. The van der Waals surface area contributed by atoms with Gasteiger partial charge >= 0.3 is 0 Å². The predicted octanol–water partition coefficient (Wildman–Crippen LogP) is 3.96. The maximum absolute atomic E-state index is 12.4. The Kier molecular flexibility index (Phi) is 5.58. The van der Waals surface area contributed by atoms with Crippen LogP contribution in [0.4, 0.5) is 0 Å². The van der Waals surface area contributed by atoms with E-state index in [-0.39, 0.29) is 11.2 Å². The number of benzene rings is 2. The normalized spacial score (nSPS) is 16.4. The minimum Gasteiger partial charge on any atom is -0.494 e. The van der Waals surface area contributed by atoms with Crippen molar-refractivity contribution >= 4 is 17.7 Å². The number of hydrogen-bond acceptors (Lipinski definition) is 5. The summed E-state index contributed by atoms with van der Waals surface area (Å²) in [6, 6.07) is 16.1. The molecule has 1 amide bonds. The van der Waals surface area contributed by atoms with Crippen LogP contribution in [-0.4, -0.2) is 51.0 Å². The van der Waals surface area contributed by atoms with Gasteiger partial charge in [-0.2, -0.15) is 0 Å². The second-order valence-corrected chi connectivity index (χ2v) is 8.26. The van der Waals surface area contributed by atoms with Crippen molar-refractivity contribution in [3.63, 3.8) is 0 Å². The molecule has 1 fully saturated rings. The van der Waals surface area contributed by atoms with E-state index in [1.807, 2.05) is 54.9 Å². The van der Waals surface area contributed by atoms with E-state index < -0.39 is 0 Å². The maximum atomic E-state index is 12.4. The molecule has 2 aromatic carbocycles. The number of nitrogens with zero attached hydrogens (tertiary/aromatic N) is 4. The molecule has 1 unspecified atom stereocenters. The van der Waals surface area contributed by atoms with E-state index in [9.17, 15) is 4.79 Å². The van der Waals surface area contributed by atoms with Crippen molar-refractivity contribution in [3.05, 3.63) is 54.1 Å². The summed E-state index contributed by atoms with van der Waals surface area (Å²) in [5.74, 6) is 1.73. The van der Waals surface area contributed by atoms with E-state index >= 15 is 0 Å². The number of aromatic nitrogens is 3. The lowest BCUT2D eigenvalue weighted by atomic mass is 10.1. The van der Waals surface area contributed by atoms with Gasteiger partial charge in [0.1, 0.15) is 5.75 Å². The van der Waals surface area contributed by atoms with Crippen LogP contribution < -0.4 is 4.74 Å². The SMILES string of the molecule is CCOc1ccc(-n2c(SC3CCN(C)C3=O)nnc2-c2cccc(C)c2)cc1. The van der Waals surface area contributed by atoms with E-state index in [4.69, 9.17) is 4.74 Å². The number of carbonyl (C=O) groups is 1. The summed E-state index contributed by atoms with van der Waals surface area (Å²) in [6.07, 6.45) is 0.815. The molecule has 6 nitrogen and oxygen atoms in total. The van der Waals surface area contributed by atoms with Crippen molar-refractivity contribution in [2.24, 2.45) is 0 Å². The minimum atomic E-state index is -0.129. The number of carbonyl (C=O) groups excluding carboxylic acids is 1. The second-order valence-electron chi connectivity index (χ2n) is 7.09. The van der Waals surface area contributed by atoms with E-state index in [1.165, 1.54) is 11.8 Å². The third-order valence-electron chi connectivity index (χ3n) is 4.94. The van der Waals surface area contributed by atoms with E-state index in [0.717, 1.165) is 46.5 Å². The lowest BCUT2D eigenvalue weighted by molar-refractivity contribution is -0.126. The van der Waals surface area contributed by atoms with Crippen LogP contribution in [0.15, 0.2) is 53.7 Å². The molecule has 29 heavy (non-hydrogen) atoms. The molecule has 0 N–H and O–H groups in total. The number of likely N-dealkylation sites (tertiary alicyclic amines) is 1. The first-order valence-corrected chi connectivity index (χ1v) is 10.6. The van der Waals surface area contributed by atoms with Crippen molar-refractivity contribution < 1.29 is 9.53 Å². The van der Waals surface area contributed by atoms with Crippen LogP contribution in [0.1, 0.15) is 18.9 Å². The van der Waals surface area contributed by atoms with Gasteiger partial charge < -0.3 is 9.64 Å². The summed E-state index contributed by atoms with van der Waals surface area (Å²) in [7, 11) is 1.85. The van der Waals surface area contributed by atoms with Gasteiger partial charge in [-0.05, 0) is 50.6 Å². The van der Waals surface area contributed by atoms with Crippen molar-refractivity contribution in [3.8, 4) is 22.8 Å². The highest BCUT2D eigenvalue weighted by Gasteiger charge is 2.32. The standard InChI is InChI=1S/C22H24N4O2S/c1-4-28-18-10-8-17(9-11-18)26-20(16-7-5-6-15(2)14-16)23-24-22(26)29-19-12-13-25(3)21(19)27/h5-11,14,19H,4,12-13H2,1-3H3. The zero-order chi connectivity index (χ0) is 20.4. The number of aryl methyl sites for hydroxylation is 1. The third kappa shape index (κ3) is 4.00. The van der Waals surface area contributed by atoms with Crippen LogP contribution >= 0.6 is 11.8 Å². The quantitative estimate of drug-likeness (QED) is 0.618. The molecule has 7 heteroatoms. The molecule has 0 aliphatic carbocycles. The summed E-state index contributed by atoms with van der Waals surface area (Å²) in [5, 5.41) is 9.53. The van der Waals surface area contributed by atoms with E-state index in [0.29, 0.717) is 6.61 Å². The van der Waals surface area contributed by atoms with Gasteiger partial charge in [0.15, 0.2) is 11.0 Å². The highest BCUT2D eigenvalue weighted by atomic mass is 32.2. The summed E-state index contributed by atoms with van der Waals surface area (Å²) < 4.78 is 7.61. The number of hydrogen-bond donors (Lipinski definition) is 0. The van der Waals surface area contributed by atoms with E-state index in [2.05, 4.69) is 29.3 Å². The summed E-state index contributed by atoms with van der Waals surface area (Å²) >= 11 is 1.49. The Morgan fingerprint density at radius 2 is 1.97 bits per heavy atom. The second kappa shape index (κ2) is 8.29. The van der Waals surface area contributed by atoms with Gasteiger partial charge in [0, 0.05) is 24.8 Å². The molecule has 0 spiro atoms. The first kappa shape index (κ1) is 19.5. The van der Waals surface area contributed by atoms with Gasteiger partial charge in [-0.15, -0.1) is 10.2 Å². The minimum absolute atomic E-state index is 0.129. The van der Waals surface area contributed by atoms with Crippen molar-refractivity contribution in [2.45, 2.75) is 30.7 Å².